The maximum Gasteiger partial charge on any atom is 0.297 e. The molecule has 46 heavy (non-hydrogen) atoms. The highest BCUT2D eigenvalue weighted by molar-refractivity contribution is 7.88. The summed E-state index contributed by atoms with van der Waals surface area (Å²) in [6, 6.07) is 3.28. The van der Waals surface area contributed by atoms with Crippen molar-refractivity contribution in [2.75, 3.05) is 26.4 Å². The van der Waals surface area contributed by atoms with Crippen molar-refractivity contribution in [1.29, 1.82) is 0 Å². The first-order chi connectivity index (χ1) is 20.9. The Morgan fingerprint density at radius 2 is 0.609 bits per heavy atom. The predicted molar refractivity (Wildman–Crippen MR) is 174 cm³/mol. The highest BCUT2D eigenvalue weighted by Crippen LogP contribution is 2.45. The van der Waals surface area contributed by atoms with Gasteiger partial charge in [-0.3, -0.25) is 16.7 Å². The zero-order valence-corrected chi connectivity index (χ0v) is 31.5. The van der Waals surface area contributed by atoms with Crippen molar-refractivity contribution >= 4 is 63.7 Å². The fourth-order valence-electron chi connectivity index (χ4n) is 3.55. The van der Waals surface area contributed by atoms with E-state index in [4.69, 9.17) is 39.9 Å². The number of halogens is 2. The van der Waals surface area contributed by atoms with Crippen molar-refractivity contribution in [3.63, 3.8) is 0 Å². The van der Waals surface area contributed by atoms with Gasteiger partial charge in [0, 0.05) is 21.2 Å². The molecule has 0 amide bonds. The highest BCUT2D eigenvalue weighted by Gasteiger charge is 2.38. The molecule has 0 bridgehead atoms. The molecule has 0 aliphatic carbocycles. The van der Waals surface area contributed by atoms with Gasteiger partial charge in [-0.15, -0.1) is 0 Å². The van der Waals surface area contributed by atoms with Crippen molar-refractivity contribution in [3.05, 3.63) is 34.3 Å². The van der Waals surface area contributed by atoms with Gasteiger partial charge >= 0.3 is 0 Å². The van der Waals surface area contributed by atoms with Crippen LogP contribution in [0, 0.1) is 23.7 Å². The Morgan fingerprint density at radius 1 is 0.435 bits per heavy atom. The van der Waals surface area contributed by atoms with Gasteiger partial charge in [-0.05, 0) is 47.9 Å². The van der Waals surface area contributed by atoms with Crippen LogP contribution in [-0.4, -0.2) is 60.1 Å². The van der Waals surface area contributed by atoms with Crippen LogP contribution >= 0.6 is 23.2 Å². The number of hydrogen-bond donors (Lipinski definition) is 0. The number of benzene rings is 2. The molecule has 0 N–H and O–H groups in total. The third-order valence-corrected chi connectivity index (χ3v) is 11.3. The monoisotopic (exact) mass is 766 g/mol. The first-order valence-electron chi connectivity index (χ1n) is 14.2. The van der Waals surface area contributed by atoms with E-state index < -0.39 is 81.2 Å². The molecule has 0 unspecified atom stereocenters. The minimum Gasteiger partial charge on any atom is -0.266 e. The van der Waals surface area contributed by atoms with Gasteiger partial charge < -0.3 is 0 Å². The van der Waals surface area contributed by atoms with Crippen LogP contribution in [0.2, 0.25) is 10.0 Å². The van der Waals surface area contributed by atoms with Crippen LogP contribution in [-0.2, 0) is 57.2 Å². The molecule has 0 atom stereocenters. The normalized spacial score (nSPS) is 13.4. The lowest BCUT2D eigenvalue weighted by Gasteiger charge is -2.22. The van der Waals surface area contributed by atoms with Gasteiger partial charge in [-0.2, -0.15) is 33.7 Å². The molecule has 0 radical (unpaired) electrons. The highest BCUT2D eigenvalue weighted by atomic mass is 35.5. The molecule has 12 nitrogen and oxygen atoms in total. The molecule has 0 saturated heterocycles. The second-order valence-corrected chi connectivity index (χ2v) is 19.3. The van der Waals surface area contributed by atoms with E-state index in [0.717, 1.165) is 24.3 Å². The van der Waals surface area contributed by atoms with E-state index in [-0.39, 0.29) is 50.1 Å². The van der Waals surface area contributed by atoms with Crippen LogP contribution in [0.25, 0.3) is 11.1 Å². The van der Waals surface area contributed by atoms with Crippen LogP contribution in [0.3, 0.4) is 0 Å². The summed E-state index contributed by atoms with van der Waals surface area (Å²) in [5.74, 6) is -1.31. The summed E-state index contributed by atoms with van der Waals surface area (Å²) in [4.78, 5) is -3.80. The molecule has 262 valence electrons. The second kappa shape index (κ2) is 15.9. The summed E-state index contributed by atoms with van der Waals surface area (Å²) in [7, 11) is -19.9. The SMILES string of the molecule is CC(C)COS(=O)(=O)c1cc(Cl)cc(S(=O)(=O)OCC(C)C)c1-c1c(S(=O)(=O)OCC(C)C)cc(Cl)cc1S(=O)(=O)OCC(C)C. The Morgan fingerprint density at radius 3 is 0.761 bits per heavy atom. The molecule has 0 spiro atoms. The topological polar surface area (TPSA) is 173 Å². The van der Waals surface area contributed by atoms with Gasteiger partial charge in [-0.25, -0.2) is 0 Å². The van der Waals surface area contributed by atoms with Crippen molar-refractivity contribution in [2.45, 2.75) is 75.0 Å². The summed E-state index contributed by atoms with van der Waals surface area (Å²) in [6.07, 6.45) is 0. The fraction of sp³-hybridized carbons (Fsp3) is 0.571. The molecule has 2 rings (SSSR count). The average Bonchev–Trinajstić information content (AvgIpc) is 2.92. The van der Waals surface area contributed by atoms with Gasteiger partial charge in [0.25, 0.3) is 40.5 Å². The summed E-state index contributed by atoms with van der Waals surface area (Å²) >= 11 is 12.5. The van der Waals surface area contributed by atoms with E-state index in [2.05, 4.69) is 0 Å². The minimum absolute atomic E-state index is 0.328. The molecular formula is C28H40Cl2O12S4. The molecule has 0 fully saturated rings. The lowest BCUT2D eigenvalue weighted by Crippen LogP contribution is -2.20. The zero-order chi connectivity index (χ0) is 35.4. The summed E-state index contributed by atoms with van der Waals surface area (Å²) in [6.45, 7) is 11.7. The Bertz CT molecular complexity index is 1570. The summed E-state index contributed by atoms with van der Waals surface area (Å²) in [5.41, 5.74) is -1.82. The molecule has 2 aromatic rings. The van der Waals surface area contributed by atoms with E-state index in [1.165, 1.54) is 0 Å². The third kappa shape index (κ3) is 10.8. The van der Waals surface area contributed by atoms with Gasteiger partial charge in [0.2, 0.25) is 0 Å². The van der Waals surface area contributed by atoms with Gasteiger partial charge in [-0.1, -0.05) is 78.6 Å². The van der Waals surface area contributed by atoms with Gasteiger partial charge in [0.15, 0.2) is 0 Å². The Kier molecular flexibility index (Phi) is 14.1. The molecule has 2 aromatic carbocycles. The van der Waals surface area contributed by atoms with Crippen LogP contribution in [0.4, 0.5) is 0 Å². The molecular weight excluding hydrogens is 727 g/mol. The smallest absolute Gasteiger partial charge is 0.266 e. The van der Waals surface area contributed by atoms with Crippen molar-refractivity contribution < 1.29 is 50.4 Å². The number of rotatable bonds is 17. The van der Waals surface area contributed by atoms with Gasteiger partial charge in [0.1, 0.15) is 19.6 Å². The van der Waals surface area contributed by atoms with E-state index in [0.29, 0.717) is 0 Å². The molecule has 0 aromatic heterocycles. The summed E-state index contributed by atoms with van der Waals surface area (Å²) < 4.78 is 131. The van der Waals surface area contributed by atoms with E-state index >= 15 is 0 Å². The minimum atomic E-state index is -4.97. The lowest BCUT2D eigenvalue weighted by atomic mass is 10.1. The van der Waals surface area contributed by atoms with Crippen LogP contribution in [0.15, 0.2) is 43.8 Å². The van der Waals surface area contributed by atoms with Gasteiger partial charge in [0.05, 0.1) is 26.4 Å². The predicted octanol–water partition coefficient (Wildman–Crippen LogP) is 6.11. The fourth-order valence-corrected chi connectivity index (χ4v) is 9.62. The Balaban J connectivity index is 3.35. The van der Waals surface area contributed by atoms with Crippen molar-refractivity contribution in [3.8, 4) is 11.1 Å². The standard InChI is InChI=1S/C28H40Cl2O12S4/c1-17(2)13-39-43(31,32)23-9-21(29)10-24(44(33,34)40-14-18(3)4)27(23)28-25(45(35,36)41-15-19(5)6)11-22(30)12-26(28)46(37,38)42-16-20(7)8/h9-12,17-20H,13-16H2,1-8H3. The maximum atomic E-state index is 13.7. The van der Waals surface area contributed by atoms with E-state index in [1.807, 2.05) is 0 Å². The largest absolute Gasteiger partial charge is 0.297 e. The lowest BCUT2D eigenvalue weighted by molar-refractivity contribution is 0.272. The van der Waals surface area contributed by atoms with Crippen LogP contribution < -0.4 is 0 Å². The van der Waals surface area contributed by atoms with Crippen molar-refractivity contribution in [2.24, 2.45) is 23.7 Å². The van der Waals surface area contributed by atoms with Crippen LogP contribution in [0.5, 0.6) is 0 Å². The average molecular weight is 768 g/mol. The number of hydrogen-bond acceptors (Lipinski definition) is 12. The third-order valence-electron chi connectivity index (χ3n) is 5.61. The van der Waals surface area contributed by atoms with Crippen LogP contribution in [0.1, 0.15) is 55.4 Å². The molecule has 18 heteroatoms. The second-order valence-electron chi connectivity index (χ2n) is 12.1. The zero-order valence-electron chi connectivity index (χ0n) is 26.7. The Hall–Kier alpha value is -1.34. The molecule has 0 aliphatic rings. The molecule has 0 saturated carbocycles. The first-order valence-corrected chi connectivity index (χ1v) is 20.5. The maximum absolute atomic E-state index is 13.7. The first kappa shape index (κ1) is 40.8. The quantitative estimate of drug-likeness (QED) is 0.169. The van der Waals surface area contributed by atoms with E-state index in [9.17, 15) is 33.7 Å². The molecule has 0 aliphatic heterocycles. The molecule has 0 heterocycles. The van der Waals surface area contributed by atoms with Crippen molar-refractivity contribution in [1.82, 2.24) is 0 Å². The van der Waals surface area contributed by atoms with E-state index in [1.54, 1.807) is 55.4 Å². The Labute approximate surface area is 283 Å². The summed E-state index contributed by atoms with van der Waals surface area (Å²) in [5, 5.41) is -0.839.